The van der Waals surface area contributed by atoms with E-state index < -0.39 is 10.1 Å². The third kappa shape index (κ3) is 15.2. The molecule has 0 aliphatic heterocycles. The van der Waals surface area contributed by atoms with Gasteiger partial charge in [0.1, 0.15) is 11.7 Å². The lowest BCUT2D eigenvalue weighted by Crippen LogP contribution is -2.12. The van der Waals surface area contributed by atoms with E-state index in [9.17, 15) is 13.0 Å². The van der Waals surface area contributed by atoms with Gasteiger partial charge in [-0.3, -0.25) is 4.55 Å². The summed E-state index contributed by atoms with van der Waals surface area (Å²) in [5.41, 5.74) is 3.51. The Morgan fingerprint density at radius 2 is 0.814 bits per heavy atom. The smallest absolute Gasteiger partial charge is 0.295 e. The zero-order valence-electron chi connectivity index (χ0n) is 28.1. The van der Waals surface area contributed by atoms with Crippen LogP contribution in [0.4, 0.5) is 0 Å². The summed E-state index contributed by atoms with van der Waals surface area (Å²) in [7, 11) is -4.34. The summed E-state index contributed by atoms with van der Waals surface area (Å²) in [5.74, 6) is 0. The number of carbonyl (C=O) groups is 1. The number of carbonyl (C=O) groups excluding carboxylic acids is 1. The molecule has 0 atom stereocenters. The molecule has 0 heterocycles. The van der Waals surface area contributed by atoms with Crippen LogP contribution in [-0.2, 0) is 34.2 Å². The molecule has 0 radical (unpaired) electrons. The minimum absolute atomic E-state index is 0.195. The van der Waals surface area contributed by atoms with Crippen molar-refractivity contribution in [3.63, 3.8) is 0 Å². The second kappa shape index (κ2) is 24.6. The number of rotatable bonds is 25. The van der Waals surface area contributed by atoms with Gasteiger partial charge in [-0.15, -0.1) is 0 Å². The molecule has 43 heavy (non-hydrogen) atoms. The second-order valence-electron chi connectivity index (χ2n) is 12.4. The van der Waals surface area contributed by atoms with Crippen molar-refractivity contribution in [1.29, 1.82) is 0 Å². The van der Waals surface area contributed by atoms with Gasteiger partial charge in [-0.1, -0.05) is 161 Å². The first-order valence-electron chi connectivity index (χ1n) is 17.8. The Morgan fingerprint density at radius 1 is 0.488 bits per heavy atom. The fraction of sp³-hybridized carbons (Fsp3) is 0.711. The number of aryl methyl sites for hydroxylation is 1. The van der Waals surface area contributed by atoms with Gasteiger partial charge in [0.25, 0.3) is 10.1 Å². The molecule has 0 aliphatic rings. The maximum atomic E-state index is 13.0. The van der Waals surface area contributed by atoms with Crippen molar-refractivity contribution in [3.8, 4) is 0 Å². The van der Waals surface area contributed by atoms with Gasteiger partial charge < -0.3 is 4.79 Å². The van der Waals surface area contributed by atoms with E-state index in [1.54, 1.807) is 0 Å². The van der Waals surface area contributed by atoms with Crippen LogP contribution in [0.3, 0.4) is 0 Å². The first-order valence-corrected chi connectivity index (χ1v) is 19.2. The molecule has 246 valence electrons. The number of hydrogen-bond acceptors (Lipinski definition) is 3. The Kier molecular flexibility index (Phi) is 22.5. The Morgan fingerprint density at radius 3 is 1.21 bits per heavy atom. The van der Waals surface area contributed by atoms with E-state index in [0.29, 0.717) is 5.39 Å². The Hall–Kier alpha value is -1.72. The van der Waals surface area contributed by atoms with E-state index in [1.807, 2.05) is 25.0 Å². The molecular formula is C38H64O4S. The van der Waals surface area contributed by atoms with Gasteiger partial charge in [0.05, 0.1) is 0 Å². The van der Waals surface area contributed by atoms with Crippen molar-refractivity contribution in [2.45, 2.75) is 180 Å². The fourth-order valence-corrected chi connectivity index (χ4v) is 7.50. The molecule has 0 saturated carbocycles. The highest BCUT2D eigenvalue weighted by molar-refractivity contribution is 7.86. The predicted octanol–water partition coefficient (Wildman–Crippen LogP) is 11.8. The Labute approximate surface area is 265 Å². The lowest BCUT2D eigenvalue weighted by atomic mass is 9.86. The molecule has 2 rings (SSSR count). The van der Waals surface area contributed by atoms with Crippen LogP contribution in [0.15, 0.2) is 29.2 Å². The third-order valence-corrected chi connectivity index (χ3v) is 9.83. The summed E-state index contributed by atoms with van der Waals surface area (Å²) in [6, 6.07) is 7.95. The minimum Gasteiger partial charge on any atom is -0.307 e. The number of fused-ring (bicyclic) bond motifs is 1. The maximum absolute atomic E-state index is 13.0. The zero-order valence-corrected chi connectivity index (χ0v) is 28.9. The molecule has 0 unspecified atom stereocenters. The lowest BCUT2D eigenvalue weighted by Gasteiger charge is -2.22. The number of benzene rings is 2. The molecule has 1 N–H and O–H groups in total. The fourth-order valence-electron chi connectivity index (χ4n) is 6.51. The van der Waals surface area contributed by atoms with Crippen LogP contribution in [-0.4, -0.2) is 19.8 Å². The molecule has 0 spiro atoms. The van der Waals surface area contributed by atoms with E-state index >= 15 is 0 Å². The Balaban J connectivity index is 0.00000452. The zero-order chi connectivity index (χ0) is 31.8. The molecule has 4 nitrogen and oxygen atoms in total. The minimum atomic E-state index is -4.34. The van der Waals surface area contributed by atoms with Crippen LogP contribution in [0, 0.1) is 0 Å². The molecular weight excluding hydrogens is 552 g/mol. The van der Waals surface area contributed by atoms with Crippen LogP contribution in [0.2, 0.25) is 0 Å². The van der Waals surface area contributed by atoms with Gasteiger partial charge in [-0.2, -0.15) is 8.42 Å². The highest BCUT2D eigenvalue weighted by Gasteiger charge is 2.25. The summed E-state index contributed by atoms with van der Waals surface area (Å²) < 4.78 is 36.5. The van der Waals surface area contributed by atoms with Gasteiger partial charge >= 0.3 is 0 Å². The first-order chi connectivity index (χ1) is 21.0. The van der Waals surface area contributed by atoms with Crippen molar-refractivity contribution in [2.75, 3.05) is 0 Å². The molecule has 0 amide bonds. The highest BCUT2D eigenvalue weighted by Crippen LogP contribution is 2.37. The average molecular weight is 617 g/mol. The van der Waals surface area contributed by atoms with Gasteiger partial charge in [0.15, 0.2) is 0 Å². The van der Waals surface area contributed by atoms with Gasteiger partial charge in [-0.05, 0) is 60.6 Å². The molecule has 0 fully saturated rings. The maximum Gasteiger partial charge on any atom is 0.295 e. The quantitative estimate of drug-likeness (QED) is 0.0889. The van der Waals surface area contributed by atoms with Crippen LogP contribution in [0.5, 0.6) is 0 Å². The van der Waals surface area contributed by atoms with E-state index in [2.05, 4.69) is 26.8 Å². The summed E-state index contributed by atoms with van der Waals surface area (Å²) in [6.07, 6.45) is 28.6. The SMILES string of the molecule is C=O.CCCCCCCCCc1c(CCCCCCCCC)c(S(=O)(=O)O)c2ccccc2c1CCCCCCCCC. The van der Waals surface area contributed by atoms with Crippen molar-refractivity contribution >= 4 is 27.7 Å². The lowest BCUT2D eigenvalue weighted by molar-refractivity contribution is -0.0980. The second-order valence-corrected chi connectivity index (χ2v) is 13.8. The van der Waals surface area contributed by atoms with Crippen LogP contribution >= 0.6 is 0 Å². The van der Waals surface area contributed by atoms with Gasteiger partial charge in [-0.25, -0.2) is 0 Å². The van der Waals surface area contributed by atoms with Crippen molar-refractivity contribution in [1.82, 2.24) is 0 Å². The van der Waals surface area contributed by atoms with Gasteiger partial charge in [0.2, 0.25) is 0 Å². The normalized spacial score (nSPS) is 11.5. The van der Waals surface area contributed by atoms with Crippen molar-refractivity contribution in [3.05, 3.63) is 41.0 Å². The van der Waals surface area contributed by atoms with Gasteiger partial charge in [0, 0.05) is 5.39 Å². The average Bonchev–Trinajstić information content (AvgIpc) is 3.00. The summed E-state index contributed by atoms with van der Waals surface area (Å²) in [4.78, 5) is 8.19. The molecule has 5 heteroatoms. The third-order valence-electron chi connectivity index (χ3n) is 8.85. The molecule has 2 aromatic carbocycles. The van der Waals surface area contributed by atoms with E-state index in [1.165, 1.54) is 120 Å². The topological polar surface area (TPSA) is 71.4 Å². The number of unbranched alkanes of at least 4 members (excludes halogenated alkanes) is 18. The van der Waals surface area contributed by atoms with Crippen LogP contribution in [0.25, 0.3) is 10.8 Å². The largest absolute Gasteiger partial charge is 0.307 e. The predicted molar refractivity (Wildman–Crippen MR) is 186 cm³/mol. The van der Waals surface area contributed by atoms with Crippen LogP contribution < -0.4 is 0 Å². The van der Waals surface area contributed by atoms with Crippen molar-refractivity contribution in [2.24, 2.45) is 0 Å². The molecule has 0 bridgehead atoms. The molecule has 0 aromatic heterocycles. The van der Waals surface area contributed by atoms with E-state index in [4.69, 9.17) is 4.79 Å². The summed E-state index contributed by atoms with van der Waals surface area (Å²) >= 11 is 0. The molecule has 0 saturated heterocycles. The monoisotopic (exact) mass is 616 g/mol. The van der Waals surface area contributed by atoms with Crippen LogP contribution in [0.1, 0.15) is 172 Å². The standard InChI is InChI=1S/C37H62O3S.CH2O/c1-4-7-10-13-16-19-22-27-32-33(28-23-20-17-14-11-8-5-2)35(30-24-21-18-15-12-9-6-3)37(41(38,39)40)36-31-26-25-29-34(32)36;1-2/h25-26,29,31H,4-24,27-28,30H2,1-3H3,(H,38,39,40);1H2. The highest BCUT2D eigenvalue weighted by atomic mass is 32.2. The summed E-state index contributed by atoms with van der Waals surface area (Å²) in [5, 5.41) is 1.75. The Bertz CT molecular complexity index is 1090. The van der Waals surface area contributed by atoms with E-state index in [0.717, 1.165) is 55.9 Å². The molecule has 2 aromatic rings. The number of hydrogen-bond donors (Lipinski definition) is 1. The molecule has 0 aliphatic carbocycles. The van der Waals surface area contributed by atoms with E-state index in [-0.39, 0.29) is 4.90 Å². The summed E-state index contributed by atoms with van der Waals surface area (Å²) in [6.45, 7) is 8.76. The van der Waals surface area contributed by atoms with Crippen molar-refractivity contribution < 1.29 is 17.8 Å². The first kappa shape index (κ1) is 39.3.